The SMILES string of the molecule is COc1cc(OC)cc(C(=O)N2CCN(c3ccc(NC(=O)c4ccc(OC)c(OC)c4)cc3)CC2)c1. The summed E-state index contributed by atoms with van der Waals surface area (Å²) in [6.45, 7) is 2.58. The summed E-state index contributed by atoms with van der Waals surface area (Å²) in [5, 5.41) is 2.91. The predicted octanol–water partition coefficient (Wildman–Crippen LogP) is 3.94. The molecule has 1 aliphatic rings. The van der Waals surface area contributed by atoms with Gasteiger partial charge in [0.25, 0.3) is 11.8 Å². The van der Waals surface area contributed by atoms with E-state index in [0.29, 0.717) is 66.0 Å². The van der Waals surface area contributed by atoms with Crippen LogP contribution in [-0.4, -0.2) is 71.3 Å². The number of nitrogens with one attached hydrogen (secondary N) is 1. The summed E-state index contributed by atoms with van der Waals surface area (Å²) < 4.78 is 21.1. The van der Waals surface area contributed by atoms with Crippen LogP contribution in [0.4, 0.5) is 11.4 Å². The molecule has 1 N–H and O–H groups in total. The zero-order valence-corrected chi connectivity index (χ0v) is 21.4. The third kappa shape index (κ3) is 5.88. The third-order valence-corrected chi connectivity index (χ3v) is 6.30. The minimum Gasteiger partial charge on any atom is -0.497 e. The number of rotatable bonds is 8. The summed E-state index contributed by atoms with van der Waals surface area (Å²) in [6.07, 6.45) is 0. The molecule has 0 aromatic heterocycles. The summed E-state index contributed by atoms with van der Waals surface area (Å²) in [5.74, 6) is 1.93. The maximum Gasteiger partial charge on any atom is 0.255 e. The number of nitrogens with zero attached hydrogens (tertiary/aromatic N) is 2. The molecule has 0 aliphatic carbocycles. The Hall–Kier alpha value is -4.40. The van der Waals surface area contributed by atoms with Gasteiger partial charge >= 0.3 is 0 Å². The molecule has 3 aromatic carbocycles. The number of hydrogen-bond acceptors (Lipinski definition) is 7. The van der Waals surface area contributed by atoms with Gasteiger partial charge in [0, 0.05) is 54.7 Å². The number of benzene rings is 3. The number of carbonyl (C=O) groups excluding carboxylic acids is 2. The summed E-state index contributed by atoms with van der Waals surface area (Å²) in [7, 11) is 6.21. The molecule has 0 spiro atoms. The maximum absolute atomic E-state index is 13.1. The summed E-state index contributed by atoms with van der Waals surface area (Å²) >= 11 is 0. The van der Waals surface area contributed by atoms with Gasteiger partial charge in [-0.1, -0.05) is 0 Å². The van der Waals surface area contributed by atoms with Gasteiger partial charge in [0.05, 0.1) is 28.4 Å². The van der Waals surface area contributed by atoms with Crippen LogP contribution >= 0.6 is 0 Å². The lowest BCUT2D eigenvalue weighted by atomic mass is 10.1. The number of anilines is 2. The van der Waals surface area contributed by atoms with E-state index >= 15 is 0 Å². The van der Waals surface area contributed by atoms with E-state index in [1.165, 1.54) is 7.11 Å². The standard InChI is InChI=1S/C28H31N3O6/c1-34-23-15-20(16-24(18-23)35-2)28(33)31-13-11-30(12-14-31)22-8-6-21(7-9-22)29-27(32)19-5-10-25(36-3)26(17-19)37-4/h5-10,15-18H,11-14H2,1-4H3,(H,29,32). The first-order valence-electron chi connectivity index (χ1n) is 11.9. The van der Waals surface area contributed by atoms with Crippen molar-refractivity contribution in [2.45, 2.75) is 0 Å². The first kappa shape index (κ1) is 25.7. The van der Waals surface area contributed by atoms with E-state index in [2.05, 4.69) is 10.2 Å². The van der Waals surface area contributed by atoms with E-state index in [9.17, 15) is 9.59 Å². The molecule has 1 saturated heterocycles. The lowest BCUT2D eigenvalue weighted by Gasteiger charge is -2.36. The minimum atomic E-state index is -0.241. The van der Waals surface area contributed by atoms with Gasteiger partial charge in [-0.2, -0.15) is 0 Å². The fraction of sp³-hybridized carbons (Fsp3) is 0.286. The number of methoxy groups -OCH3 is 4. The third-order valence-electron chi connectivity index (χ3n) is 6.30. The number of piperazine rings is 1. The average Bonchev–Trinajstić information content (AvgIpc) is 2.96. The van der Waals surface area contributed by atoms with Crippen molar-refractivity contribution >= 4 is 23.2 Å². The summed E-state index contributed by atoms with van der Waals surface area (Å²) in [5.41, 5.74) is 2.72. The van der Waals surface area contributed by atoms with Gasteiger partial charge in [-0.25, -0.2) is 0 Å². The molecule has 0 unspecified atom stereocenters. The average molecular weight is 506 g/mol. The van der Waals surface area contributed by atoms with E-state index < -0.39 is 0 Å². The van der Waals surface area contributed by atoms with Crippen molar-refractivity contribution in [2.75, 3.05) is 64.8 Å². The maximum atomic E-state index is 13.1. The molecule has 1 aliphatic heterocycles. The Balaban J connectivity index is 1.35. The molecule has 9 heteroatoms. The molecule has 0 atom stereocenters. The highest BCUT2D eigenvalue weighted by atomic mass is 16.5. The highest BCUT2D eigenvalue weighted by molar-refractivity contribution is 6.04. The van der Waals surface area contributed by atoms with Crippen LogP contribution in [0.1, 0.15) is 20.7 Å². The molecule has 4 rings (SSSR count). The molecule has 194 valence electrons. The van der Waals surface area contributed by atoms with Crippen LogP contribution in [0.15, 0.2) is 60.7 Å². The number of amides is 2. The Morgan fingerprint density at radius 1 is 0.676 bits per heavy atom. The molecule has 2 amide bonds. The normalized spacial score (nSPS) is 13.1. The second-order valence-electron chi connectivity index (χ2n) is 8.45. The fourth-order valence-electron chi connectivity index (χ4n) is 4.22. The highest BCUT2D eigenvalue weighted by Gasteiger charge is 2.23. The monoisotopic (exact) mass is 505 g/mol. The molecule has 1 fully saturated rings. The van der Waals surface area contributed by atoms with Crippen LogP contribution in [-0.2, 0) is 0 Å². The summed E-state index contributed by atoms with van der Waals surface area (Å²) in [4.78, 5) is 29.8. The van der Waals surface area contributed by atoms with Crippen molar-refractivity contribution in [1.29, 1.82) is 0 Å². The van der Waals surface area contributed by atoms with Crippen LogP contribution in [0.3, 0.4) is 0 Å². The first-order chi connectivity index (χ1) is 17.9. The van der Waals surface area contributed by atoms with Gasteiger partial charge in [-0.3, -0.25) is 9.59 Å². The van der Waals surface area contributed by atoms with Crippen LogP contribution in [0.25, 0.3) is 0 Å². The van der Waals surface area contributed by atoms with Gasteiger partial charge < -0.3 is 34.1 Å². The molecular formula is C28H31N3O6. The van der Waals surface area contributed by atoms with E-state index in [4.69, 9.17) is 18.9 Å². The van der Waals surface area contributed by atoms with Crippen molar-refractivity contribution in [1.82, 2.24) is 4.90 Å². The van der Waals surface area contributed by atoms with E-state index in [0.717, 1.165) is 5.69 Å². The zero-order valence-electron chi connectivity index (χ0n) is 21.4. The largest absolute Gasteiger partial charge is 0.497 e. The topological polar surface area (TPSA) is 89.6 Å². The van der Waals surface area contributed by atoms with E-state index in [1.807, 2.05) is 29.2 Å². The zero-order chi connectivity index (χ0) is 26.4. The molecule has 9 nitrogen and oxygen atoms in total. The Labute approximate surface area is 216 Å². The fourth-order valence-corrected chi connectivity index (χ4v) is 4.22. The van der Waals surface area contributed by atoms with Crippen molar-refractivity contribution in [3.8, 4) is 23.0 Å². The van der Waals surface area contributed by atoms with Crippen molar-refractivity contribution in [3.63, 3.8) is 0 Å². The second-order valence-corrected chi connectivity index (χ2v) is 8.45. The molecular weight excluding hydrogens is 474 g/mol. The van der Waals surface area contributed by atoms with Gasteiger partial charge in [-0.05, 0) is 54.6 Å². The lowest BCUT2D eigenvalue weighted by molar-refractivity contribution is 0.0746. The number of carbonyl (C=O) groups is 2. The van der Waals surface area contributed by atoms with Gasteiger partial charge in [0.15, 0.2) is 11.5 Å². The molecule has 0 bridgehead atoms. The predicted molar refractivity (Wildman–Crippen MR) is 142 cm³/mol. The Morgan fingerprint density at radius 2 is 1.30 bits per heavy atom. The van der Waals surface area contributed by atoms with Crippen LogP contribution in [0, 0.1) is 0 Å². The first-order valence-corrected chi connectivity index (χ1v) is 11.9. The van der Waals surface area contributed by atoms with Crippen LogP contribution in [0.2, 0.25) is 0 Å². The van der Waals surface area contributed by atoms with E-state index in [-0.39, 0.29) is 11.8 Å². The van der Waals surface area contributed by atoms with Crippen molar-refractivity contribution in [3.05, 3.63) is 71.8 Å². The Morgan fingerprint density at radius 3 is 1.86 bits per heavy atom. The van der Waals surface area contributed by atoms with Crippen LogP contribution in [0.5, 0.6) is 23.0 Å². The summed E-state index contributed by atoms with van der Waals surface area (Å²) in [6, 6.07) is 17.9. The van der Waals surface area contributed by atoms with Gasteiger partial charge in [0.1, 0.15) is 11.5 Å². The lowest BCUT2D eigenvalue weighted by Crippen LogP contribution is -2.48. The number of hydrogen-bond donors (Lipinski definition) is 1. The molecule has 0 radical (unpaired) electrons. The van der Waals surface area contributed by atoms with Gasteiger partial charge in [0.2, 0.25) is 0 Å². The van der Waals surface area contributed by atoms with Crippen molar-refractivity contribution < 1.29 is 28.5 Å². The van der Waals surface area contributed by atoms with Crippen molar-refractivity contribution in [2.24, 2.45) is 0 Å². The highest BCUT2D eigenvalue weighted by Crippen LogP contribution is 2.28. The quantitative estimate of drug-likeness (QED) is 0.496. The number of ether oxygens (including phenoxy) is 4. The minimum absolute atomic E-state index is 0.0509. The molecule has 37 heavy (non-hydrogen) atoms. The van der Waals surface area contributed by atoms with E-state index in [1.54, 1.807) is 57.7 Å². The molecule has 1 heterocycles. The Bertz CT molecular complexity index is 1230. The molecule has 3 aromatic rings. The van der Waals surface area contributed by atoms with Gasteiger partial charge in [-0.15, -0.1) is 0 Å². The molecule has 0 saturated carbocycles. The van der Waals surface area contributed by atoms with Crippen LogP contribution < -0.4 is 29.2 Å². The second kappa shape index (κ2) is 11.6. The Kier molecular flexibility index (Phi) is 8.02. The smallest absolute Gasteiger partial charge is 0.255 e.